The molecule has 6 heteroatoms. The normalized spacial score (nSPS) is 17.0. The summed E-state index contributed by atoms with van der Waals surface area (Å²) in [6.07, 6.45) is 4.66. The number of aliphatic carboxylic acids is 1. The molecule has 0 saturated heterocycles. The Labute approximate surface area is 106 Å². The van der Waals surface area contributed by atoms with Gasteiger partial charge in [0.05, 0.1) is 10.2 Å². The van der Waals surface area contributed by atoms with Crippen LogP contribution in [0.5, 0.6) is 0 Å². The minimum Gasteiger partial charge on any atom is -0.480 e. The minimum absolute atomic E-state index is 0.400. The Morgan fingerprint density at radius 3 is 2.65 bits per heavy atom. The van der Waals surface area contributed by atoms with Gasteiger partial charge in [0.2, 0.25) is 5.91 Å². The van der Waals surface area contributed by atoms with Gasteiger partial charge in [0.15, 0.2) is 0 Å². The number of aromatic nitrogens is 1. The van der Waals surface area contributed by atoms with Gasteiger partial charge in [-0.2, -0.15) is 0 Å². The van der Waals surface area contributed by atoms with E-state index in [-0.39, 0.29) is 0 Å². The Morgan fingerprint density at radius 2 is 2.18 bits per heavy atom. The van der Waals surface area contributed by atoms with Gasteiger partial charge in [-0.1, -0.05) is 6.42 Å². The summed E-state index contributed by atoms with van der Waals surface area (Å²) < 4.78 is 0.633. The van der Waals surface area contributed by atoms with Crippen LogP contribution in [0.1, 0.15) is 19.3 Å². The smallest absolute Gasteiger partial charge is 0.319 e. The van der Waals surface area contributed by atoms with E-state index in [2.05, 4.69) is 26.2 Å². The number of amides is 1. The van der Waals surface area contributed by atoms with Crippen LogP contribution in [0.3, 0.4) is 0 Å². The summed E-state index contributed by atoms with van der Waals surface area (Å²) in [6.45, 7) is 0. The van der Waals surface area contributed by atoms with Crippen LogP contribution in [0.4, 0.5) is 5.69 Å². The highest BCUT2D eigenvalue weighted by Crippen LogP contribution is 2.42. The van der Waals surface area contributed by atoms with Crippen LogP contribution in [0.15, 0.2) is 22.9 Å². The summed E-state index contributed by atoms with van der Waals surface area (Å²) in [7, 11) is 0. The average molecular weight is 299 g/mol. The maximum Gasteiger partial charge on any atom is 0.319 e. The zero-order chi connectivity index (χ0) is 12.5. The second-order valence-electron chi connectivity index (χ2n) is 4.05. The van der Waals surface area contributed by atoms with E-state index >= 15 is 0 Å². The first-order valence-corrected chi connectivity index (χ1v) is 6.00. The highest BCUT2D eigenvalue weighted by molar-refractivity contribution is 9.10. The molecular formula is C11H11BrN2O3. The minimum atomic E-state index is -1.25. The first-order chi connectivity index (χ1) is 8.06. The Balaban J connectivity index is 2.17. The quantitative estimate of drug-likeness (QED) is 0.837. The van der Waals surface area contributed by atoms with Gasteiger partial charge < -0.3 is 10.4 Å². The lowest BCUT2D eigenvalue weighted by atomic mass is 9.68. The van der Waals surface area contributed by atoms with Crippen LogP contribution in [0, 0.1) is 5.41 Å². The van der Waals surface area contributed by atoms with Gasteiger partial charge in [-0.3, -0.25) is 14.6 Å². The number of rotatable bonds is 3. The second-order valence-corrected chi connectivity index (χ2v) is 4.90. The van der Waals surface area contributed by atoms with Crippen molar-refractivity contribution in [2.24, 2.45) is 5.41 Å². The molecule has 2 rings (SSSR count). The third-order valence-electron chi connectivity index (χ3n) is 3.07. The van der Waals surface area contributed by atoms with E-state index in [9.17, 15) is 9.59 Å². The summed E-state index contributed by atoms with van der Waals surface area (Å²) in [5.41, 5.74) is -0.708. The molecule has 1 saturated carbocycles. The molecule has 0 bridgehead atoms. The van der Waals surface area contributed by atoms with Gasteiger partial charge in [0.1, 0.15) is 5.41 Å². The molecule has 1 aliphatic rings. The lowest BCUT2D eigenvalue weighted by Crippen LogP contribution is -2.48. The van der Waals surface area contributed by atoms with Gasteiger partial charge in [-0.25, -0.2) is 0 Å². The van der Waals surface area contributed by atoms with E-state index < -0.39 is 17.3 Å². The first-order valence-electron chi connectivity index (χ1n) is 5.21. The zero-order valence-electron chi connectivity index (χ0n) is 8.94. The predicted octanol–water partition coefficient (Wildman–Crippen LogP) is 2.04. The fourth-order valence-electron chi connectivity index (χ4n) is 1.79. The molecule has 1 heterocycles. The molecule has 0 aliphatic heterocycles. The molecule has 1 aromatic heterocycles. The number of carboxylic acid groups (broad SMARTS) is 1. The topological polar surface area (TPSA) is 79.3 Å². The van der Waals surface area contributed by atoms with Crippen molar-refractivity contribution in [1.29, 1.82) is 0 Å². The molecule has 1 aromatic rings. The predicted molar refractivity (Wildman–Crippen MR) is 64.5 cm³/mol. The first kappa shape index (κ1) is 12.0. The summed E-state index contributed by atoms with van der Waals surface area (Å²) >= 11 is 3.24. The molecule has 0 atom stereocenters. The Bertz CT molecular complexity index is 472. The Kier molecular flexibility index (Phi) is 3.15. The van der Waals surface area contributed by atoms with Crippen LogP contribution in [0.2, 0.25) is 0 Å². The van der Waals surface area contributed by atoms with Crippen LogP contribution >= 0.6 is 15.9 Å². The third-order valence-corrected chi connectivity index (χ3v) is 3.70. The van der Waals surface area contributed by atoms with Crippen molar-refractivity contribution in [3.8, 4) is 0 Å². The maximum absolute atomic E-state index is 12.0. The van der Waals surface area contributed by atoms with Crippen molar-refractivity contribution in [3.05, 3.63) is 22.9 Å². The highest BCUT2D eigenvalue weighted by atomic mass is 79.9. The van der Waals surface area contributed by atoms with E-state index in [1.54, 1.807) is 12.3 Å². The highest BCUT2D eigenvalue weighted by Gasteiger charge is 2.51. The SMILES string of the molecule is O=C(O)C1(C(=O)Nc2ccncc2Br)CCC1. The van der Waals surface area contributed by atoms with Gasteiger partial charge >= 0.3 is 5.97 Å². The molecule has 1 fully saturated rings. The van der Waals surface area contributed by atoms with E-state index in [1.165, 1.54) is 6.20 Å². The van der Waals surface area contributed by atoms with Gasteiger partial charge in [-0.05, 0) is 34.8 Å². The Morgan fingerprint density at radius 1 is 1.47 bits per heavy atom. The molecule has 0 spiro atoms. The number of nitrogens with one attached hydrogen (secondary N) is 1. The lowest BCUT2D eigenvalue weighted by Gasteiger charge is -2.35. The molecule has 0 unspecified atom stereocenters. The van der Waals surface area contributed by atoms with Crippen LogP contribution < -0.4 is 5.32 Å². The summed E-state index contributed by atoms with van der Waals surface area (Å²) in [5.74, 6) is -1.51. The van der Waals surface area contributed by atoms with Crippen LogP contribution in [-0.2, 0) is 9.59 Å². The number of carboxylic acids is 1. The van der Waals surface area contributed by atoms with Crippen molar-refractivity contribution >= 4 is 33.5 Å². The van der Waals surface area contributed by atoms with Crippen LogP contribution in [0.25, 0.3) is 0 Å². The van der Waals surface area contributed by atoms with E-state index in [1.807, 2.05) is 0 Å². The van der Waals surface area contributed by atoms with Crippen molar-refractivity contribution < 1.29 is 14.7 Å². The van der Waals surface area contributed by atoms with E-state index in [4.69, 9.17) is 5.11 Å². The molecule has 0 aromatic carbocycles. The monoisotopic (exact) mass is 298 g/mol. The van der Waals surface area contributed by atoms with Gasteiger partial charge in [0, 0.05) is 12.4 Å². The fraction of sp³-hybridized carbons (Fsp3) is 0.364. The molecule has 0 radical (unpaired) electrons. The summed E-state index contributed by atoms with van der Waals surface area (Å²) in [4.78, 5) is 27.0. The number of hydrogen-bond donors (Lipinski definition) is 2. The number of nitrogens with zero attached hydrogens (tertiary/aromatic N) is 1. The number of carbonyl (C=O) groups is 2. The third kappa shape index (κ3) is 2.04. The molecule has 90 valence electrons. The number of carbonyl (C=O) groups excluding carboxylic acids is 1. The number of anilines is 1. The van der Waals surface area contributed by atoms with Crippen molar-refractivity contribution in [1.82, 2.24) is 4.98 Å². The molecule has 1 amide bonds. The van der Waals surface area contributed by atoms with E-state index in [0.717, 1.165) is 6.42 Å². The number of halogens is 1. The van der Waals surface area contributed by atoms with Crippen LogP contribution in [-0.4, -0.2) is 22.0 Å². The van der Waals surface area contributed by atoms with Crippen molar-refractivity contribution in [3.63, 3.8) is 0 Å². The molecule has 1 aliphatic carbocycles. The van der Waals surface area contributed by atoms with Crippen molar-refractivity contribution in [2.75, 3.05) is 5.32 Å². The Hall–Kier alpha value is -1.43. The largest absolute Gasteiger partial charge is 0.480 e. The summed E-state index contributed by atoms with van der Waals surface area (Å²) in [6, 6.07) is 1.62. The van der Waals surface area contributed by atoms with Crippen molar-refractivity contribution in [2.45, 2.75) is 19.3 Å². The van der Waals surface area contributed by atoms with Gasteiger partial charge in [-0.15, -0.1) is 0 Å². The number of pyridine rings is 1. The lowest BCUT2D eigenvalue weighted by molar-refractivity contribution is -0.159. The molecular weight excluding hydrogens is 288 g/mol. The number of hydrogen-bond acceptors (Lipinski definition) is 3. The van der Waals surface area contributed by atoms with Gasteiger partial charge in [0.25, 0.3) is 0 Å². The van der Waals surface area contributed by atoms with E-state index in [0.29, 0.717) is 23.0 Å². The molecule has 17 heavy (non-hydrogen) atoms. The maximum atomic E-state index is 12.0. The zero-order valence-corrected chi connectivity index (χ0v) is 10.5. The second kappa shape index (κ2) is 4.44. The standard InChI is InChI=1S/C11H11BrN2O3/c12-7-6-13-5-2-8(7)14-9(15)11(10(16)17)3-1-4-11/h2,5-6H,1,3-4H2,(H,16,17)(H,13,14,15). The average Bonchev–Trinajstić information content (AvgIpc) is 2.19. The fourth-order valence-corrected chi connectivity index (χ4v) is 2.14. The summed E-state index contributed by atoms with van der Waals surface area (Å²) in [5, 5.41) is 11.7. The molecule has 5 nitrogen and oxygen atoms in total. The molecule has 2 N–H and O–H groups in total.